The Kier molecular flexibility index (Phi) is 3.42. The molecule has 3 heteroatoms. The first-order valence-electron chi connectivity index (χ1n) is 2.02. The Morgan fingerprint density at radius 2 is 2.25 bits per heavy atom. The maximum absolute atomic E-state index is 8.13. The van der Waals surface area contributed by atoms with Crippen LogP contribution in [-0.2, 0) is 9.47 Å². The number of hydrogen-bond acceptors (Lipinski definition) is 3. The van der Waals surface area contributed by atoms with Crippen molar-refractivity contribution in [2.45, 2.75) is 0 Å². The van der Waals surface area contributed by atoms with Gasteiger partial charge in [0.2, 0.25) is 5.76 Å². The zero-order valence-corrected chi connectivity index (χ0v) is 4.84. The van der Waals surface area contributed by atoms with Gasteiger partial charge in [-0.1, -0.05) is 0 Å². The average Bonchev–Trinajstić information content (AvgIpc) is 1.83. The van der Waals surface area contributed by atoms with Crippen molar-refractivity contribution in [3.05, 3.63) is 12.0 Å². The molecule has 0 aliphatic carbocycles. The predicted octanol–water partition coefficient (Wildman–Crippen LogP) is 0.644. The van der Waals surface area contributed by atoms with Crippen molar-refractivity contribution in [2.24, 2.45) is 0 Å². The van der Waals surface area contributed by atoms with Gasteiger partial charge in [0.1, 0.15) is 12.3 Å². The van der Waals surface area contributed by atoms with Crippen molar-refractivity contribution in [1.29, 1.82) is 5.26 Å². The molecule has 0 saturated heterocycles. The van der Waals surface area contributed by atoms with Crippen molar-refractivity contribution >= 4 is 0 Å². The first kappa shape index (κ1) is 6.83. The summed E-state index contributed by atoms with van der Waals surface area (Å²) in [7, 11) is 2.87. The molecule has 0 aromatic heterocycles. The number of ether oxygens (including phenoxy) is 2. The van der Waals surface area contributed by atoms with E-state index in [0.29, 0.717) is 0 Å². The van der Waals surface area contributed by atoms with E-state index in [9.17, 15) is 0 Å². The topological polar surface area (TPSA) is 42.2 Å². The molecule has 0 radical (unpaired) electrons. The molecular weight excluding hydrogens is 106 g/mol. The fraction of sp³-hybridized carbons (Fsp3) is 0.400. The van der Waals surface area contributed by atoms with E-state index in [1.807, 2.05) is 0 Å². The fourth-order valence-corrected chi connectivity index (χ4v) is 0.227. The summed E-state index contributed by atoms with van der Waals surface area (Å²) in [4.78, 5) is 0. The highest BCUT2D eigenvalue weighted by Gasteiger charge is 1.86. The van der Waals surface area contributed by atoms with E-state index in [1.54, 1.807) is 6.07 Å². The highest BCUT2D eigenvalue weighted by Crippen LogP contribution is 1.89. The first-order chi connectivity index (χ1) is 3.85. The molecular formula is C5H7NO2. The number of allylic oxidation sites excluding steroid dienone is 1. The van der Waals surface area contributed by atoms with Crippen molar-refractivity contribution in [1.82, 2.24) is 0 Å². The molecule has 0 aromatic rings. The largest absolute Gasteiger partial charge is 0.500 e. The molecule has 0 aliphatic heterocycles. The molecule has 3 nitrogen and oxygen atoms in total. The molecule has 8 heavy (non-hydrogen) atoms. The summed E-state index contributed by atoms with van der Waals surface area (Å²) in [6.07, 6.45) is 1.24. The quantitative estimate of drug-likeness (QED) is 0.390. The lowest BCUT2D eigenvalue weighted by atomic mass is 10.6. The van der Waals surface area contributed by atoms with Gasteiger partial charge in [0.15, 0.2) is 0 Å². The molecule has 0 fully saturated rings. The van der Waals surface area contributed by atoms with E-state index < -0.39 is 0 Å². The Morgan fingerprint density at radius 1 is 1.62 bits per heavy atom. The highest BCUT2D eigenvalue weighted by atomic mass is 16.5. The molecule has 0 N–H and O–H groups in total. The molecule has 0 unspecified atom stereocenters. The van der Waals surface area contributed by atoms with Crippen molar-refractivity contribution < 1.29 is 9.47 Å². The van der Waals surface area contributed by atoms with Crippen LogP contribution in [0.4, 0.5) is 0 Å². The summed E-state index contributed by atoms with van der Waals surface area (Å²) in [5.41, 5.74) is 0. The van der Waals surface area contributed by atoms with Crippen molar-refractivity contribution in [2.75, 3.05) is 14.2 Å². The Labute approximate surface area is 48.1 Å². The minimum Gasteiger partial charge on any atom is -0.500 e. The van der Waals surface area contributed by atoms with Gasteiger partial charge in [-0.2, -0.15) is 5.26 Å². The standard InChI is InChI=1S/C5H7NO2/c1-7-4-5(3-6)8-2/h4H,1-2H3/b5-4-. The van der Waals surface area contributed by atoms with Gasteiger partial charge in [-0.25, -0.2) is 0 Å². The zero-order chi connectivity index (χ0) is 6.41. The van der Waals surface area contributed by atoms with E-state index in [2.05, 4.69) is 9.47 Å². The SMILES string of the molecule is CO/C=C(/C#N)OC. The summed E-state index contributed by atoms with van der Waals surface area (Å²) in [5.74, 6) is 0.174. The van der Waals surface area contributed by atoms with E-state index in [1.165, 1.54) is 20.5 Å². The van der Waals surface area contributed by atoms with Gasteiger partial charge in [-0.15, -0.1) is 0 Å². The Morgan fingerprint density at radius 3 is 2.38 bits per heavy atom. The maximum Gasteiger partial charge on any atom is 0.232 e. The van der Waals surface area contributed by atoms with Gasteiger partial charge in [-0.05, 0) is 0 Å². The van der Waals surface area contributed by atoms with Crippen LogP contribution < -0.4 is 0 Å². The smallest absolute Gasteiger partial charge is 0.232 e. The molecule has 0 amide bonds. The Bertz CT molecular complexity index is 123. The lowest BCUT2D eigenvalue weighted by Gasteiger charge is -1.91. The average molecular weight is 113 g/mol. The maximum atomic E-state index is 8.13. The second-order valence-electron chi connectivity index (χ2n) is 1.03. The van der Waals surface area contributed by atoms with Crippen LogP contribution in [0.5, 0.6) is 0 Å². The van der Waals surface area contributed by atoms with Crippen LogP contribution in [0.1, 0.15) is 0 Å². The van der Waals surface area contributed by atoms with Gasteiger partial charge in [-0.3, -0.25) is 0 Å². The predicted molar refractivity (Wildman–Crippen MR) is 27.7 cm³/mol. The minimum atomic E-state index is 0.174. The van der Waals surface area contributed by atoms with E-state index >= 15 is 0 Å². The van der Waals surface area contributed by atoms with Gasteiger partial charge < -0.3 is 9.47 Å². The summed E-state index contributed by atoms with van der Waals surface area (Å²) >= 11 is 0. The molecule has 0 rings (SSSR count). The number of nitriles is 1. The molecule has 0 spiro atoms. The molecule has 44 valence electrons. The third-order valence-electron chi connectivity index (χ3n) is 0.555. The van der Waals surface area contributed by atoms with Gasteiger partial charge in [0.25, 0.3) is 0 Å². The number of rotatable bonds is 2. The van der Waals surface area contributed by atoms with E-state index in [0.717, 1.165) is 0 Å². The Hall–Kier alpha value is -1.17. The van der Waals surface area contributed by atoms with Crippen LogP contribution in [0.2, 0.25) is 0 Å². The molecule has 0 bridgehead atoms. The van der Waals surface area contributed by atoms with Crippen LogP contribution in [0, 0.1) is 11.3 Å². The fourth-order valence-electron chi connectivity index (χ4n) is 0.227. The van der Waals surface area contributed by atoms with E-state index in [4.69, 9.17) is 5.26 Å². The first-order valence-corrected chi connectivity index (χ1v) is 2.02. The Balaban J connectivity index is 3.72. The third-order valence-corrected chi connectivity index (χ3v) is 0.555. The van der Waals surface area contributed by atoms with Gasteiger partial charge in [0.05, 0.1) is 14.2 Å². The van der Waals surface area contributed by atoms with Crippen LogP contribution in [-0.4, -0.2) is 14.2 Å². The van der Waals surface area contributed by atoms with Crippen molar-refractivity contribution in [3.63, 3.8) is 0 Å². The molecule has 0 aliphatic rings. The number of methoxy groups -OCH3 is 2. The molecule has 0 heterocycles. The van der Waals surface area contributed by atoms with Crippen LogP contribution >= 0.6 is 0 Å². The van der Waals surface area contributed by atoms with Gasteiger partial charge in [0, 0.05) is 0 Å². The lowest BCUT2D eigenvalue weighted by molar-refractivity contribution is 0.264. The van der Waals surface area contributed by atoms with Crippen LogP contribution in [0.25, 0.3) is 0 Å². The summed E-state index contributed by atoms with van der Waals surface area (Å²) in [5, 5.41) is 8.13. The molecule has 0 saturated carbocycles. The second-order valence-corrected chi connectivity index (χ2v) is 1.03. The van der Waals surface area contributed by atoms with Gasteiger partial charge >= 0.3 is 0 Å². The number of nitrogens with zero attached hydrogens (tertiary/aromatic N) is 1. The summed E-state index contributed by atoms with van der Waals surface area (Å²) in [6, 6.07) is 1.77. The number of hydrogen-bond donors (Lipinski definition) is 0. The highest BCUT2D eigenvalue weighted by molar-refractivity contribution is 5.09. The minimum absolute atomic E-state index is 0.174. The lowest BCUT2D eigenvalue weighted by Crippen LogP contribution is -1.81. The third kappa shape index (κ3) is 2.08. The normalized spacial score (nSPS) is 9.88. The zero-order valence-electron chi connectivity index (χ0n) is 4.84. The summed E-state index contributed by atoms with van der Waals surface area (Å²) < 4.78 is 8.99. The second kappa shape index (κ2) is 4.00. The van der Waals surface area contributed by atoms with Crippen LogP contribution in [0.15, 0.2) is 12.0 Å². The van der Waals surface area contributed by atoms with Crippen molar-refractivity contribution in [3.8, 4) is 6.07 Å². The van der Waals surface area contributed by atoms with Crippen LogP contribution in [0.3, 0.4) is 0 Å². The molecule has 0 aromatic carbocycles. The molecule has 0 atom stereocenters. The summed E-state index contributed by atoms with van der Waals surface area (Å²) in [6.45, 7) is 0. The monoisotopic (exact) mass is 113 g/mol. The van der Waals surface area contributed by atoms with E-state index in [-0.39, 0.29) is 5.76 Å².